The molecule has 0 unspecified atom stereocenters. The molecule has 16 heavy (non-hydrogen) atoms. The van der Waals surface area contributed by atoms with Crippen molar-refractivity contribution in [3.8, 4) is 0 Å². The van der Waals surface area contributed by atoms with Gasteiger partial charge in [0.1, 0.15) is 24.3 Å². The molecule has 0 bridgehead atoms. The molecule has 0 aliphatic heterocycles. The fraction of sp³-hybridized carbons (Fsp3) is 0.375. The first kappa shape index (κ1) is 13.9. The van der Waals surface area contributed by atoms with Crippen LogP contribution in [0.5, 0.6) is 0 Å². The van der Waals surface area contributed by atoms with Crippen LogP contribution in [-0.4, -0.2) is 34.7 Å². The normalized spacial score (nSPS) is 11.9. The van der Waals surface area contributed by atoms with Gasteiger partial charge in [-0.15, -0.1) is 0 Å². The highest BCUT2D eigenvalue weighted by molar-refractivity contribution is 6.00. The Morgan fingerprint density at radius 1 is 1.38 bits per heavy atom. The Kier molecular flexibility index (Phi) is 6.29. The molecule has 0 aliphatic carbocycles. The van der Waals surface area contributed by atoms with Crippen LogP contribution in [0.3, 0.4) is 0 Å². The van der Waals surface area contributed by atoms with Crippen molar-refractivity contribution in [2.45, 2.75) is 13.8 Å². The molecule has 0 heterocycles. The Morgan fingerprint density at radius 3 is 2.38 bits per heavy atom. The SMILES string of the molecule is CC(=O)OC=C(NO)C(COC(C)=O)=NO. The highest BCUT2D eigenvalue weighted by Crippen LogP contribution is 1.96. The van der Waals surface area contributed by atoms with Crippen molar-refractivity contribution < 1.29 is 29.5 Å². The number of oxime groups is 1. The van der Waals surface area contributed by atoms with Gasteiger partial charge in [0.05, 0.1) is 0 Å². The molecule has 0 aliphatic rings. The van der Waals surface area contributed by atoms with E-state index in [0.29, 0.717) is 0 Å². The predicted molar refractivity (Wildman–Crippen MR) is 50.6 cm³/mol. The third-order valence-electron chi connectivity index (χ3n) is 1.31. The van der Waals surface area contributed by atoms with Crippen molar-refractivity contribution >= 4 is 17.7 Å². The van der Waals surface area contributed by atoms with Gasteiger partial charge in [0.15, 0.2) is 0 Å². The minimum atomic E-state index is -0.627. The van der Waals surface area contributed by atoms with Gasteiger partial charge < -0.3 is 14.7 Å². The molecule has 0 spiro atoms. The maximum atomic E-state index is 10.5. The van der Waals surface area contributed by atoms with Gasteiger partial charge in [-0.2, -0.15) is 0 Å². The lowest BCUT2D eigenvalue weighted by atomic mass is 10.3. The molecule has 0 fully saturated rings. The molecule has 8 heteroatoms. The molecule has 0 saturated carbocycles. The van der Waals surface area contributed by atoms with Gasteiger partial charge in [-0.3, -0.25) is 20.3 Å². The summed E-state index contributed by atoms with van der Waals surface area (Å²) in [5.74, 6) is -1.22. The summed E-state index contributed by atoms with van der Waals surface area (Å²) in [5.41, 5.74) is 1.22. The largest absolute Gasteiger partial charge is 0.459 e. The third-order valence-corrected chi connectivity index (χ3v) is 1.31. The van der Waals surface area contributed by atoms with Crippen LogP contribution in [0.25, 0.3) is 0 Å². The number of nitrogens with one attached hydrogen (secondary N) is 1. The van der Waals surface area contributed by atoms with E-state index < -0.39 is 11.9 Å². The Bertz CT molecular complexity index is 322. The number of esters is 2. The van der Waals surface area contributed by atoms with E-state index in [0.717, 1.165) is 20.1 Å². The van der Waals surface area contributed by atoms with E-state index in [1.54, 1.807) is 5.48 Å². The van der Waals surface area contributed by atoms with E-state index in [1.165, 1.54) is 0 Å². The molecular formula is C8H12N2O6. The zero-order valence-electron chi connectivity index (χ0n) is 8.76. The van der Waals surface area contributed by atoms with Crippen molar-refractivity contribution in [2.24, 2.45) is 5.16 Å². The molecule has 8 nitrogen and oxygen atoms in total. The number of carbonyl (C=O) groups excluding carboxylic acids is 2. The average Bonchev–Trinajstić information content (AvgIpc) is 2.22. The van der Waals surface area contributed by atoms with Gasteiger partial charge in [0.25, 0.3) is 0 Å². The number of hydrogen-bond donors (Lipinski definition) is 3. The molecule has 0 atom stereocenters. The molecule has 90 valence electrons. The number of rotatable bonds is 5. The monoisotopic (exact) mass is 232 g/mol. The van der Waals surface area contributed by atoms with Crippen molar-refractivity contribution in [1.29, 1.82) is 0 Å². The molecule has 0 aromatic rings. The van der Waals surface area contributed by atoms with Crippen LogP contribution in [0.15, 0.2) is 17.1 Å². The zero-order chi connectivity index (χ0) is 12.6. The summed E-state index contributed by atoms with van der Waals surface area (Å²) >= 11 is 0. The van der Waals surface area contributed by atoms with Gasteiger partial charge in [0, 0.05) is 13.8 Å². The van der Waals surface area contributed by atoms with Crippen LogP contribution in [0.1, 0.15) is 13.8 Å². The average molecular weight is 232 g/mol. The van der Waals surface area contributed by atoms with Crippen molar-refractivity contribution in [3.63, 3.8) is 0 Å². The van der Waals surface area contributed by atoms with E-state index in [9.17, 15) is 9.59 Å². The summed E-state index contributed by atoms with van der Waals surface area (Å²) in [5, 5.41) is 20.0. The smallest absolute Gasteiger partial charge is 0.307 e. The maximum absolute atomic E-state index is 10.5. The van der Waals surface area contributed by atoms with Crippen molar-refractivity contribution in [2.75, 3.05) is 6.61 Å². The first-order valence-corrected chi connectivity index (χ1v) is 4.13. The minimum absolute atomic E-state index is 0.209. The van der Waals surface area contributed by atoms with E-state index in [-0.39, 0.29) is 18.0 Å². The van der Waals surface area contributed by atoms with Crippen LogP contribution >= 0.6 is 0 Å². The molecule has 0 aromatic carbocycles. The third kappa shape index (κ3) is 5.60. The Labute approximate surface area is 91.1 Å². The number of nitrogens with zero attached hydrogens (tertiary/aromatic N) is 1. The summed E-state index contributed by atoms with van der Waals surface area (Å²) in [7, 11) is 0. The Morgan fingerprint density at radius 2 is 2.00 bits per heavy atom. The molecule has 0 amide bonds. The fourth-order valence-corrected chi connectivity index (χ4v) is 0.631. The number of carbonyl (C=O) groups is 2. The maximum Gasteiger partial charge on any atom is 0.307 e. The zero-order valence-corrected chi connectivity index (χ0v) is 8.76. The van der Waals surface area contributed by atoms with Crippen LogP contribution in [0.2, 0.25) is 0 Å². The summed E-state index contributed by atoms with van der Waals surface area (Å²) in [4.78, 5) is 21.0. The van der Waals surface area contributed by atoms with Gasteiger partial charge in [0.2, 0.25) is 0 Å². The second kappa shape index (κ2) is 7.23. The van der Waals surface area contributed by atoms with Gasteiger partial charge >= 0.3 is 11.9 Å². The molecule has 0 aromatic heterocycles. The van der Waals surface area contributed by atoms with Gasteiger partial charge in [-0.05, 0) is 0 Å². The lowest BCUT2D eigenvalue weighted by Crippen LogP contribution is -2.23. The van der Waals surface area contributed by atoms with Crippen LogP contribution in [0.4, 0.5) is 0 Å². The van der Waals surface area contributed by atoms with Crippen molar-refractivity contribution in [3.05, 3.63) is 12.0 Å². The second-order valence-electron chi connectivity index (χ2n) is 2.58. The van der Waals surface area contributed by atoms with Gasteiger partial charge in [-0.1, -0.05) is 5.16 Å². The molecule has 0 radical (unpaired) electrons. The highest BCUT2D eigenvalue weighted by Gasteiger charge is 2.10. The van der Waals surface area contributed by atoms with Crippen LogP contribution in [0, 0.1) is 0 Å². The first-order valence-electron chi connectivity index (χ1n) is 4.13. The number of hydroxylamine groups is 1. The number of ether oxygens (including phenoxy) is 2. The van der Waals surface area contributed by atoms with E-state index in [4.69, 9.17) is 10.4 Å². The summed E-state index contributed by atoms with van der Waals surface area (Å²) in [6.07, 6.45) is 0.820. The van der Waals surface area contributed by atoms with Crippen molar-refractivity contribution in [1.82, 2.24) is 5.48 Å². The second-order valence-corrected chi connectivity index (χ2v) is 2.58. The predicted octanol–water partition coefficient (Wildman–Crippen LogP) is -0.237. The molecule has 3 N–H and O–H groups in total. The molecule has 0 rings (SSSR count). The van der Waals surface area contributed by atoms with E-state index in [2.05, 4.69) is 14.6 Å². The topological polar surface area (TPSA) is 117 Å². The van der Waals surface area contributed by atoms with E-state index >= 15 is 0 Å². The minimum Gasteiger partial charge on any atom is -0.459 e. The first-order chi connectivity index (χ1) is 7.51. The number of hydrogen-bond acceptors (Lipinski definition) is 8. The Hall–Kier alpha value is -2.09. The Balaban J connectivity index is 4.57. The fourth-order valence-electron chi connectivity index (χ4n) is 0.631. The van der Waals surface area contributed by atoms with Gasteiger partial charge in [-0.25, -0.2) is 0 Å². The molecule has 0 saturated heterocycles. The lowest BCUT2D eigenvalue weighted by Gasteiger charge is -2.07. The van der Waals surface area contributed by atoms with Crippen LogP contribution < -0.4 is 5.48 Å². The summed E-state index contributed by atoms with van der Waals surface area (Å²) in [6, 6.07) is 0. The molecular weight excluding hydrogens is 220 g/mol. The van der Waals surface area contributed by atoms with Crippen LogP contribution in [-0.2, 0) is 19.1 Å². The standard InChI is InChI=1S/C8H12N2O6/c1-5(11)15-3-7(9-13)8(10-14)4-16-6(2)12/h3,9,13-14H,4H2,1-2H3. The summed E-state index contributed by atoms with van der Waals surface area (Å²) in [6.45, 7) is 1.93. The quantitative estimate of drug-likeness (QED) is 0.197. The highest BCUT2D eigenvalue weighted by atomic mass is 16.5. The van der Waals surface area contributed by atoms with E-state index in [1.807, 2.05) is 0 Å². The summed E-state index contributed by atoms with van der Waals surface area (Å²) < 4.78 is 8.95. The lowest BCUT2D eigenvalue weighted by molar-refractivity contribution is -0.139.